The van der Waals surface area contributed by atoms with Crippen molar-refractivity contribution in [3.8, 4) is 11.4 Å². The predicted molar refractivity (Wildman–Crippen MR) is 85.1 cm³/mol. The summed E-state index contributed by atoms with van der Waals surface area (Å²) in [5, 5.41) is 16.0. The lowest BCUT2D eigenvalue weighted by Gasteiger charge is -2.50. The number of nitrogens with one attached hydrogen (secondary N) is 1. The Morgan fingerprint density at radius 2 is 2.48 bits per heavy atom. The molecule has 0 bridgehead atoms. The molecule has 1 N–H and O–H groups in total. The van der Waals surface area contributed by atoms with E-state index in [1.165, 1.54) is 11.3 Å². The molecule has 4 heterocycles. The Hall–Kier alpha value is -1.80. The molecule has 2 aromatic rings. The van der Waals surface area contributed by atoms with Crippen molar-refractivity contribution in [1.82, 2.24) is 25.5 Å². The third kappa shape index (κ3) is 2.46. The van der Waals surface area contributed by atoms with Gasteiger partial charge < -0.3 is 9.64 Å². The molecule has 2 saturated heterocycles. The van der Waals surface area contributed by atoms with Crippen LogP contribution < -0.4 is 0 Å². The van der Waals surface area contributed by atoms with Crippen LogP contribution in [0.5, 0.6) is 0 Å². The van der Waals surface area contributed by atoms with E-state index < -0.39 is 0 Å². The third-order valence-electron chi connectivity index (χ3n) is 5.00. The van der Waals surface area contributed by atoms with E-state index in [0.29, 0.717) is 10.7 Å². The molecular formula is C15H19N5O2S. The Kier molecular flexibility index (Phi) is 3.65. The first kappa shape index (κ1) is 14.8. The molecule has 2 aliphatic rings. The molecule has 0 radical (unpaired) electrons. The van der Waals surface area contributed by atoms with Crippen molar-refractivity contribution in [3.63, 3.8) is 0 Å². The van der Waals surface area contributed by atoms with Crippen LogP contribution in [0.4, 0.5) is 0 Å². The van der Waals surface area contributed by atoms with E-state index in [1.807, 2.05) is 16.3 Å². The number of thiophene rings is 1. The monoisotopic (exact) mass is 333 g/mol. The van der Waals surface area contributed by atoms with Gasteiger partial charge in [-0.2, -0.15) is 5.21 Å². The Morgan fingerprint density at radius 1 is 1.57 bits per heavy atom. The van der Waals surface area contributed by atoms with Gasteiger partial charge in [0.05, 0.1) is 6.61 Å². The van der Waals surface area contributed by atoms with Crippen LogP contribution in [0.3, 0.4) is 0 Å². The molecule has 2 fully saturated rings. The van der Waals surface area contributed by atoms with Gasteiger partial charge in [-0.15, -0.1) is 21.5 Å². The molecule has 2 unspecified atom stereocenters. The highest BCUT2D eigenvalue weighted by atomic mass is 32.1. The average molecular weight is 333 g/mol. The minimum absolute atomic E-state index is 0.0652. The summed E-state index contributed by atoms with van der Waals surface area (Å²) in [4.78, 5) is 15.9. The molecule has 2 aromatic heterocycles. The van der Waals surface area contributed by atoms with Crippen molar-refractivity contribution in [2.24, 2.45) is 5.41 Å². The number of tetrazole rings is 1. The fraction of sp³-hybridized carbons (Fsp3) is 0.600. The van der Waals surface area contributed by atoms with E-state index in [1.54, 1.807) is 0 Å². The minimum Gasteiger partial charge on any atom is -0.381 e. The Morgan fingerprint density at radius 3 is 3.30 bits per heavy atom. The Labute approximate surface area is 138 Å². The number of piperidine rings is 1. The standard InChI is InChI=1S/C15H19N5O2S/c1-15-5-2-6-20(11(15)3-7-22-9-15)14(21)12-10(4-8-23-12)13-16-18-19-17-13/h4,8,11H,2-3,5-7,9H2,1H3,(H,16,17,18,19). The molecule has 23 heavy (non-hydrogen) atoms. The number of H-pyrrole nitrogens is 1. The second kappa shape index (κ2) is 5.68. The first-order valence-corrected chi connectivity index (χ1v) is 8.77. The molecule has 2 atom stereocenters. The van der Waals surface area contributed by atoms with Gasteiger partial charge in [-0.25, -0.2) is 0 Å². The summed E-state index contributed by atoms with van der Waals surface area (Å²) in [6, 6.07) is 2.13. The first-order valence-electron chi connectivity index (χ1n) is 7.89. The molecule has 4 rings (SSSR count). The number of ether oxygens (including phenoxy) is 1. The maximum atomic E-state index is 13.2. The molecule has 0 spiro atoms. The second-order valence-electron chi connectivity index (χ2n) is 6.51. The molecule has 8 heteroatoms. The molecule has 0 saturated carbocycles. The van der Waals surface area contributed by atoms with Crippen molar-refractivity contribution in [1.29, 1.82) is 0 Å². The van der Waals surface area contributed by atoms with Crippen LogP contribution in [0.25, 0.3) is 11.4 Å². The maximum Gasteiger partial charge on any atom is 0.264 e. The van der Waals surface area contributed by atoms with Gasteiger partial charge in [-0.05, 0) is 35.9 Å². The summed E-state index contributed by atoms with van der Waals surface area (Å²) in [6.07, 6.45) is 3.04. The number of carbonyl (C=O) groups is 1. The van der Waals surface area contributed by atoms with E-state index in [0.717, 1.165) is 44.6 Å². The summed E-state index contributed by atoms with van der Waals surface area (Å²) in [5.41, 5.74) is 0.823. The van der Waals surface area contributed by atoms with Gasteiger partial charge in [0.25, 0.3) is 5.91 Å². The number of hydrogen-bond acceptors (Lipinski definition) is 6. The minimum atomic E-state index is 0.0652. The van der Waals surface area contributed by atoms with E-state index in [4.69, 9.17) is 4.74 Å². The van der Waals surface area contributed by atoms with Crippen molar-refractivity contribution in [2.75, 3.05) is 19.8 Å². The van der Waals surface area contributed by atoms with Crippen LogP contribution in [0, 0.1) is 5.41 Å². The lowest BCUT2D eigenvalue weighted by Crippen LogP contribution is -2.57. The van der Waals surface area contributed by atoms with Crippen LogP contribution in [0.1, 0.15) is 35.9 Å². The fourth-order valence-electron chi connectivity index (χ4n) is 3.83. The number of amides is 1. The lowest BCUT2D eigenvalue weighted by molar-refractivity contribution is -0.0793. The molecule has 2 aliphatic heterocycles. The summed E-state index contributed by atoms with van der Waals surface area (Å²) >= 11 is 1.44. The zero-order valence-electron chi connectivity index (χ0n) is 13.0. The molecule has 7 nitrogen and oxygen atoms in total. The van der Waals surface area contributed by atoms with Crippen molar-refractivity contribution in [2.45, 2.75) is 32.2 Å². The second-order valence-corrected chi connectivity index (χ2v) is 7.43. The first-order chi connectivity index (χ1) is 11.2. The number of hydrogen-bond donors (Lipinski definition) is 1. The van der Waals surface area contributed by atoms with Crippen LogP contribution in [-0.4, -0.2) is 57.2 Å². The van der Waals surface area contributed by atoms with Gasteiger partial charge >= 0.3 is 0 Å². The maximum absolute atomic E-state index is 13.2. The van der Waals surface area contributed by atoms with E-state index in [-0.39, 0.29) is 17.4 Å². The van der Waals surface area contributed by atoms with Gasteiger partial charge in [0, 0.05) is 30.2 Å². The summed E-state index contributed by atoms with van der Waals surface area (Å²) < 4.78 is 5.68. The number of aromatic nitrogens is 4. The van der Waals surface area contributed by atoms with E-state index in [2.05, 4.69) is 27.5 Å². The quantitative estimate of drug-likeness (QED) is 0.908. The van der Waals surface area contributed by atoms with Crippen LogP contribution in [0.15, 0.2) is 11.4 Å². The number of likely N-dealkylation sites (tertiary alicyclic amines) is 1. The molecule has 0 aliphatic carbocycles. The number of fused-ring (bicyclic) bond motifs is 1. The smallest absolute Gasteiger partial charge is 0.264 e. The number of aromatic amines is 1. The van der Waals surface area contributed by atoms with Gasteiger partial charge in [0.15, 0.2) is 0 Å². The molecule has 122 valence electrons. The van der Waals surface area contributed by atoms with Gasteiger partial charge in [0.1, 0.15) is 4.88 Å². The van der Waals surface area contributed by atoms with Gasteiger partial charge in [0.2, 0.25) is 5.82 Å². The van der Waals surface area contributed by atoms with Crippen molar-refractivity contribution < 1.29 is 9.53 Å². The van der Waals surface area contributed by atoms with Crippen molar-refractivity contribution >= 4 is 17.2 Å². The summed E-state index contributed by atoms with van der Waals surface area (Å²) in [7, 11) is 0. The molecular weight excluding hydrogens is 314 g/mol. The number of nitrogens with zero attached hydrogens (tertiary/aromatic N) is 4. The number of carbonyl (C=O) groups excluding carboxylic acids is 1. The van der Waals surface area contributed by atoms with E-state index >= 15 is 0 Å². The van der Waals surface area contributed by atoms with E-state index in [9.17, 15) is 4.79 Å². The van der Waals surface area contributed by atoms with Crippen LogP contribution in [-0.2, 0) is 4.74 Å². The highest BCUT2D eigenvalue weighted by molar-refractivity contribution is 7.12. The predicted octanol–water partition coefficient (Wildman–Crippen LogP) is 1.96. The molecule has 1 amide bonds. The fourth-order valence-corrected chi connectivity index (χ4v) is 4.67. The van der Waals surface area contributed by atoms with Crippen molar-refractivity contribution in [3.05, 3.63) is 16.3 Å². The largest absolute Gasteiger partial charge is 0.381 e. The van der Waals surface area contributed by atoms with Crippen LogP contribution >= 0.6 is 11.3 Å². The van der Waals surface area contributed by atoms with Crippen LogP contribution in [0.2, 0.25) is 0 Å². The average Bonchev–Trinajstić information content (AvgIpc) is 3.23. The lowest BCUT2D eigenvalue weighted by atomic mass is 9.73. The molecule has 0 aromatic carbocycles. The highest BCUT2D eigenvalue weighted by Crippen LogP contribution is 2.41. The third-order valence-corrected chi connectivity index (χ3v) is 5.90. The zero-order chi connectivity index (χ0) is 15.9. The zero-order valence-corrected chi connectivity index (χ0v) is 13.8. The topological polar surface area (TPSA) is 84.0 Å². The number of rotatable bonds is 2. The Balaban J connectivity index is 1.66. The summed E-state index contributed by atoms with van der Waals surface area (Å²) in [6.45, 7) is 4.52. The normalized spacial score (nSPS) is 27.7. The van der Waals surface area contributed by atoms with Gasteiger partial charge in [-0.1, -0.05) is 6.92 Å². The summed E-state index contributed by atoms with van der Waals surface area (Å²) in [5.74, 6) is 0.555. The highest BCUT2D eigenvalue weighted by Gasteiger charge is 2.45. The Bertz CT molecular complexity index is 697. The van der Waals surface area contributed by atoms with Gasteiger partial charge in [-0.3, -0.25) is 4.79 Å². The SMILES string of the molecule is CC12CCCN(C(=O)c3sccc3-c3nn[nH]n3)C1CCOC2.